The summed E-state index contributed by atoms with van der Waals surface area (Å²) in [5, 5.41) is 9.74. The molecule has 5 heteroatoms. The summed E-state index contributed by atoms with van der Waals surface area (Å²) in [6.07, 6.45) is 0.475. The Bertz CT molecular complexity index is 720. The summed E-state index contributed by atoms with van der Waals surface area (Å²) in [5.41, 5.74) is 5.94. The summed E-state index contributed by atoms with van der Waals surface area (Å²) >= 11 is 0. The number of benzene rings is 2. The third kappa shape index (κ3) is 5.06. The monoisotopic (exact) mass is 310 g/mol. The fraction of sp³-hybridized carbons (Fsp3) is 0.167. The molecule has 0 aliphatic rings. The molecule has 0 bridgehead atoms. The van der Waals surface area contributed by atoms with Gasteiger partial charge in [-0.3, -0.25) is 5.21 Å². The lowest BCUT2D eigenvalue weighted by atomic mass is 10.1. The van der Waals surface area contributed by atoms with Crippen molar-refractivity contribution in [3.05, 3.63) is 60.2 Å². The molecule has 5 nitrogen and oxygen atoms in total. The fourth-order valence-corrected chi connectivity index (χ4v) is 1.90. The van der Waals surface area contributed by atoms with Crippen LogP contribution in [-0.4, -0.2) is 22.3 Å². The minimum Gasteiger partial charge on any atom is -0.457 e. The van der Waals surface area contributed by atoms with Crippen molar-refractivity contribution in [1.82, 2.24) is 5.06 Å². The van der Waals surface area contributed by atoms with Gasteiger partial charge in [0.1, 0.15) is 17.5 Å². The van der Waals surface area contributed by atoms with Crippen molar-refractivity contribution in [3.8, 4) is 23.3 Å². The van der Waals surface area contributed by atoms with Crippen LogP contribution >= 0.6 is 0 Å². The first-order valence-electron chi connectivity index (χ1n) is 7.14. The van der Waals surface area contributed by atoms with Crippen molar-refractivity contribution < 1.29 is 14.7 Å². The van der Waals surface area contributed by atoms with Gasteiger partial charge < -0.3 is 10.5 Å². The number of carbonyl (C=O) groups is 1. The number of hydroxylamine groups is 2. The molecule has 2 aromatic carbocycles. The van der Waals surface area contributed by atoms with E-state index < -0.39 is 12.1 Å². The van der Waals surface area contributed by atoms with Crippen LogP contribution in [0.25, 0.3) is 0 Å². The van der Waals surface area contributed by atoms with Gasteiger partial charge in [-0.15, -0.1) is 0 Å². The summed E-state index contributed by atoms with van der Waals surface area (Å²) < 4.78 is 5.76. The van der Waals surface area contributed by atoms with Crippen LogP contribution in [0.15, 0.2) is 54.6 Å². The molecule has 0 fully saturated rings. The molecule has 0 radical (unpaired) electrons. The summed E-state index contributed by atoms with van der Waals surface area (Å²) in [6.45, 7) is 1.59. The maximum Gasteiger partial charge on any atom is 0.339 e. The number of urea groups is 1. The Morgan fingerprint density at radius 3 is 2.61 bits per heavy atom. The second kappa shape index (κ2) is 7.87. The Hall–Kier alpha value is -2.97. The normalized spacial score (nSPS) is 11.0. The highest BCUT2D eigenvalue weighted by atomic mass is 16.5. The molecule has 2 amide bonds. The van der Waals surface area contributed by atoms with Gasteiger partial charge in [0.25, 0.3) is 0 Å². The molecule has 1 atom stereocenters. The Kier molecular flexibility index (Phi) is 5.61. The highest BCUT2D eigenvalue weighted by Gasteiger charge is 2.11. The number of rotatable bonds is 4. The Labute approximate surface area is 135 Å². The summed E-state index contributed by atoms with van der Waals surface area (Å²) in [4.78, 5) is 10.8. The molecule has 1 unspecified atom stereocenters. The predicted octanol–water partition coefficient (Wildman–Crippen LogP) is 3.18. The van der Waals surface area contributed by atoms with E-state index in [9.17, 15) is 10.0 Å². The number of nitrogens with two attached hydrogens (primary N) is 1. The topological polar surface area (TPSA) is 75.8 Å². The van der Waals surface area contributed by atoms with Crippen LogP contribution in [0.4, 0.5) is 4.79 Å². The minimum atomic E-state index is -0.926. The van der Waals surface area contributed by atoms with E-state index in [4.69, 9.17) is 10.5 Å². The lowest BCUT2D eigenvalue weighted by Crippen LogP contribution is -2.38. The lowest BCUT2D eigenvalue weighted by Gasteiger charge is -2.14. The molecule has 0 spiro atoms. The van der Waals surface area contributed by atoms with Crippen molar-refractivity contribution in [2.45, 2.75) is 19.4 Å². The molecule has 0 saturated heterocycles. The van der Waals surface area contributed by atoms with E-state index in [2.05, 4.69) is 11.8 Å². The fourth-order valence-electron chi connectivity index (χ4n) is 1.90. The number of para-hydroxylation sites is 1. The molecule has 0 aliphatic heterocycles. The van der Waals surface area contributed by atoms with Crippen LogP contribution in [0.5, 0.6) is 11.5 Å². The van der Waals surface area contributed by atoms with Crippen molar-refractivity contribution in [2.75, 3.05) is 0 Å². The molecular weight excluding hydrogens is 292 g/mol. The minimum absolute atomic E-state index is 0.405. The Balaban J connectivity index is 2.00. The van der Waals surface area contributed by atoms with Gasteiger partial charge in [-0.2, -0.15) is 5.06 Å². The molecule has 23 heavy (non-hydrogen) atoms. The third-order valence-corrected chi connectivity index (χ3v) is 3.07. The first-order chi connectivity index (χ1) is 11.1. The van der Waals surface area contributed by atoms with Crippen LogP contribution in [0.1, 0.15) is 12.5 Å². The van der Waals surface area contributed by atoms with E-state index in [-0.39, 0.29) is 0 Å². The second-order valence-electron chi connectivity index (χ2n) is 4.92. The van der Waals surface area contributed by atoms with Crippen LogP contribution < -0.4 is 10.5 Å². The molecule has 118 valence electrons. The van der Waals surface area contributed by atoms with Crippen molar-refractivity contribution >= 4 is 6.03 Å². The smallest absolute Gasteiger partial charge is 0.339 e. The molecule has 0 heterocycles. The molecule has 2 rings (SSSR count). The maximum absolute atomic E-state index is 10.8. The Morgan fingerprint density at radius 2 is 1.91 bits per heavy atom. The number of ether oxygens (including phenoxy) is 1. The largest absolute Gasteiger partial charge is 0.457 e. The number of hydrogen-bond acceptors (Lipinski definition) is 3. The van der Waals surface area contributed by atoms with E-state index in [1.54, 1.807) is 6.92 Å². The highest BCUT2D eigenvalue weighted by molar-refractivity contribution is 5.71. The van der Waals surface area contributed by atoms with Crippen LogP contribution in [0.2, 0.25) is 0 Å². The SMILES string of the molecule is CC(C#CCc1cccc(Oc2ccccc2)c1)N(O)C(N)=O. The lowest BCUT2D eigenvalue weighted by molar-refractivity contribution is -0.0536. The van der Waals surface area contributed by atoms with Crippen LogP contribution in [0.3, 0.4) is 0 Å². The maximum atomic E-state index is 10.8. The van der Waals surface area contributed by atoms with Crippen LogP contribution in [0, 0.1) is 11.8 Å². The molecular formula is C18H18N2O3. The quantitative estimate of drug-likeness (QED) is 0.517. The Morgan fingerprint density at radius 1 is 1.22 bits per heavy atom. The van der Waals surface area contributed by atoms with Gasteiger partial charge in [0.15, 0.2) is 0 Å². The zero-order valence-electron chi connectivity index (χ0n) is 12.8. The van der Waals surface area contributed by atoms with E-state index in [0.717, 1.165) is 17.1 Å². The van der Waals surface area contributed by atoms with Crippen molar-refractivity contribution in [1.29, 1.82) is 0 Å². The summed E-state index contributed by atoms with van der Waals surface area (Å²) in [6, 6.07) is 15.5. The molecule has 0 aliphatic carbocycles. The standard InChI is InChI=1S/C18H18N2O3/c1-14(20(22)18(19)21)7-5-8-15-9-6-12-17(13-15)23-16-10-3-2-4-11-16/h2-4,6,9-14,22H,8H2,1H3,(H2,19,21). The zero-order valence-corrected chi connectivity index (χ0v) is 12.8. The van der Waals surface area contributed by atoms with Gasteiger partial charge in [-0.25, -0.2) is 4.79 Å². The number of primary amides is 1. The third-order valence-electron chi connectivity index (χ3n) is 3.07. The molecule has 0 saturated carbocycles. The average molecular weight is 310 g/mol. The highest BCUT2D eigenvalue weighted by Crippen LogP contribution is 2.21. The number of amides is 2. The number of nitrogens with zero attached hydrogens (tertiary/aromatic N) is 1. The van der Waals surface area contributed by atoms with E-state index in [1.165, 1.54) is 0 Å². The molecule has 2 aromatic rings. The number of carbonyl (C=O) groups excluding carboxylic acids is 1. The second-order valence-corrected chi connectivity index (χ2v) is 4.92. The predicted molar refractivity (Wildman–Crippen MR) is 87.1 cm³/mol. The summed E-state index contributed by atoms with van der Waals surface area (Å²) in [7, 11) is 0. The van der Waals surface area contributed by atoms with Crippen LogP contribution in [-0.2, 0) is 6.42 Å². The summed E-state index contributed by atoms with van der Waals surface area (Å²) in [5.74, 6) is 7.17. The average Bonchev–Trinajstić information content (AvgIpc) is 2.55. The van der Waals surface area contributed by atoms with Crippen molar-refractivity contribution in [3.63, 3.8) is 0 Å². The van der Waals surface area contributed by atoms with Gasteiger partial charge in [0, 0.05) is 6.42 Å². The van der Waals surface area contributed by atoms with E-state index >= 15 is 0 Å². The van der Waals surface area contributed by atoms with Gasteiger partial charge in [0.2, 0.25) is 0 Å². The van der Waals surface area contributed by atoms with Gasteiger partial charge in [-0.05, 0) is 36.8 Å². The van der Waals surface area contributed by atoms with E-state index in [0.29, 0.717) is 11.5 Å². The van der Waals surface area contributed by atoms with E-state index in [1.807, 2.05) is 54.6 Å². The van der Waals surface area contributed by atoms with Gasteiger partial charge in [-0.1, -0.05) is 42.2 Å². The van der Waals surface area contributed by atoms with Gasteiger partial charge in [0.05, 0.1) is 0 Å². The van der Waals surface area contributed by atoms with Crippen molar-refractivity contribution in [2.24, 2.45) is 5.73 Å². The molecule has 0 aromatic heterocycles. The first kappa shape index (κ1) is 16.4. The number of hydrogen-bond donors (Lipinski definition) is 2. The molecule has 3 N–H and O–H groups in total. The first-order valence-corrected chi connectivity index (χ1v) is 7.14. The zero-order chi connectivity index (χ0) is 16.7. The van der Waals surface area contributed by atoms with Gasteiger partial charge >= 0.3 is 6.03 Å².